The molecule has 25 heavy (non-hydrogen) atoms. The van der Waals surface area contributed by atoms with Gasteiger partial charge in [0.2, 0.25) is 5.91 Å². The van der Waals surface area contributed by atoms with Crippen LogP contribution < -0.4 is 10.6 Å². The van der Waals surface area contributed by atoms with Gasteiger partial charge in [-0.3, -0.25) is 9.59 Å². The number of para-hydroxylation sites is 1. The lowest BCUT2D eigenvalue weighted by Gasteiger charge is -2.17. The number of rotatable bonds is 5. The molecule has 2 aromatic rings. The molecule has 6 nitrogen and oxygen atoms in total. The molecular formula is C19H16N2O4. The highest BCUT2D eigenvalue weighted by Crippen LogP contribution is 2.36. The van der Waals surface area contributed by atoms with Crippen LogP contribution in [0.4, 0.5) is 5.69 Å². The van der Waals surface area contributed by atoms with Crippen molar-refractivity contribution in [3.63, 3.8) is 0 Å². The second-order valence-electron chi connectivity index (χ2n) is 5.69. The predicted octanol–water partition coefficient (Wildman–Crippen LogP) is 1.84. The fourth-order valence-electron chi connectivity index (χ4n) is 2.91. The van der Waals surface area contributed by atoms with E-state index in [1.165, 1.54) is 6.07 Å². The number of nitrogens with two attached hydrogens (primary N) is 1. The molecule has 6 heteroatoms. The third-order valence-electron chi connectivity index (χ3n) is 4.05. The lowest BCUT2D eigenvalue weighted by Crippen LogP contribution is -2.29. The zero-order valence-electron chi connectivity index (χ0n) is 13.3. The summed E-state index contributed by atoms with van der Waals surface area (Å²) in [5, 5.41) is 9.06. The van der Waals surface area contributed by atoms with Crippen molar-refractivity contribution in [3.05, 3.63) is 71.3 Å². The van der Waals surface area contributed by atoms with Crippen LogP contribution in [0.1, 0.15) is 21.5 Å². The van der Waals surface area contributed by atoms with Crippen LogP contribution in [0.5, 0.6) is 0 Å². The summed E-state index contributed by atoms with van der Waals surface area (Å²) >= 11 is 0. The van der Waals surface area contributed by atoms with Gasteiger partial charge in [0, 0.05) is 18.2 Å². The molecule has 0 saturated heterocycles. The Kier molecular flexibility index (Phi) is 4.35. The van der Waals surface area contributed by atoms with Crippen molar-refractivity contribution in [2.45, 2.75) is 6.42 Å². The standard InChI is InChI=1S/C19H16N2O4/c20-17(22)11-15-14-6-1-2-7-16(14)21(18(15)23)9-8-12-4-3-5-13(10-12)19(24)25/h1-7,10-11H,8-9H2,(H2,20,22)(H,24,25)/b15-11+. The second kappa shape index (κ2) is 6.60. The number of primary amides is 1. The molecule has 0 bridgehead atoms. The Morgan fingerprint density at radius 2 is 1.88 bits per heavy atom. The first-order chi connectivity index (χ1) is 12.0. The van der Waals surface area contributed by atoms with E-state index in [0.717, 1.165) is 17.3 Å². The van der Waals surface area contributed by atoms with Crippen LogP contribution in [-0.4, -0.2) is 29.4 Å². The van der Waals surface area contributed by atoms with Gasteiger partial charge in [-0.2, -0.15) is 0 Å². The van der Waals surface area contributed by atoms with Crippen molar-refractivity contribution < 1.29 is 19.5 Å². The topological polar surface area (TPSA) is 101 Å². The summed E-state index contributed by atoms with van der Waals surface area (Å²) in [6, 6.07) is 13.8. The molecule has 3 rings (SSSR count). The van der Waals surface area contributed by atoms with E-state index in [-0.39, 0.29) is 17.0 Å². The molecule has 0 radical (unpaired) electrons. The number of fused-ring (bicyclic) bond motifs is 1. The first-order valence-electron chi connectivity index (χ1n) is 7.72. The molecule has 3 N–H and O–H groups in total. The van der Waals surface area contributed by atoms with Crippen LogP contribution in [0.3, 0.4) is 0 Å². The first-order valence-corrected chi connectivity index (χ1v) is 7.72. The summed E-state index contributed by atoms with van der Waals surface area (Å²) < 4.78 is 0. The summed E-state index contributed by atoms with van der Waals surface area (Å²) in [6.07, 6.45) is 1.64. The van der Waals surface area contributed by atoms with E-state index in [9.17, 15) is 14.4 Å². The lowest BCUT2D eigenvalue weighted by molar-refractivity contribution is -0.115. The highest BCUT2D eigenvalue weighted by Gasteiger charge is 2.32. The molecule has 1 aliphatic rings. The smallest absolute Gasteiger partial charge is 0.335 e. The number of carboxylic acids is 1. The summed E-state index contributed by atoms with van der Waals surface area (Å²) in [5.41, 5.74) is 7.90. The molecule has 126 valence electrons. The van der Waals surface area contributed by atoms with Crippen LogP contribution in [-0.2, 0) is 16.0 Å². The third-order valence-corrected chi connectivity index (χ3v) is 4.05. The van der Waals surface area contributed by atoms with E-state index in [1.807, 2.05) is 18.2 Å². The van der Waals surface area contributed by atoms with Crippen LogP contribution in [0.2, 0.25) is 0 Å². The number of anilines is 1. The van der Waals surface area contributed by atoms with E-state index >= 15 is 0 Å². The van der Waals surface area contributed by atoms with E-state index in [4.69, 9.17) is 10.8 Å². The number of benzene rings is 2. The minimum absolute atomic E-state index is 0.208. The van der Waals surface area contributed by atoms with Gasteiger partial charge in [-0.1, -0.05) is 30.3 Å². The Balaban J connectivity index is 1.86. The zero-order valence-corrected chi connectivity index (χ0v) is 13.3. The van der Waals surface area contributed by atoms with Gasteiger partial charge in [0.05, 0.1) is 16.8 Å². The highest BCUT2D eigenvalue weighted by molar-refractivity contribution is 6.34. The van der Waals surface area contributed by atoms with Gasteiger partial charge in [0.1, 0.15) is 0 Å². The van der Waals surface area contributed by atoms with Crippen LogP contribution >= 0.6 is 0 Å². The average Bonchev–Trinajstić information content (AvgIpc) is 2.85. The molecule has 0 aliphatic carbocycles. The Morgan fingerprint density at radius 1 is 1.12 bits per heavy atom. The largest absolute Gasteiger partial charge is 0.478 e. The highest BCUT2D eigenvalue weighted by atomic mass is 16.4. The molecule has 1 heterocycles. The van der Waals surface area contributed by atoms with Crippen LogP contribution in [0.15, 0.2) is 54.6 Å². The predicted molar refractivity (Wildman–Crippen MR) is 93.1 cm³/mol. The molecule has 0 saturated carbocycles. The molecule has 2 aromatic carbocycles. The van der Waals surface area contributed by atoms with Gasteiger partial charge in [-0.15, -0.1) is 0 Å². The van der Waals surface area contributed by atoms with E-state index in [0.29, 0.717) is 18.5 Å². The maximum atomic E-state index is 12.7. The fourth-order valence-corrected chi connectivity index (χ4v) is 2.91. The summed E-state index contributed by atoms with van der Waals surface area (Å²) in [4.78, 5) is 36.5. The van der Waals surface area contributed by atoms with Crippen LogP contribution in [0.25, 0.3) is 5.57 Å². The van der Waals surface area contributed by atoms with Crippen molar-refractivity contribution in [2.24, 2.45) is 5.73 Å². The molecule has 2 amide bonds. The summed E-state index contributed by atoms with van der Waals surface area (Å²) in [5.74, 6) is -1.94. The summed E-state index contributed by atoms with van der Waals surface area (Å²) in [7, 11) is 0. The van der Waals surface area contributed by atoms with E-state index < -0.39 is 11.9 Å². The Hall–Kier alpha value is -3.41. The van der Waals surface area contributed by atoms with Gasteiger partial charge >= 0.3 is 5.97 Å². The Morgan fingerprint density at radius 3 is 2.60 bits per heavy atom. The van der Waals surface area contributed by atoms with Crippen molar-refractivity contribution >= 4 is 29.0 Å². The van der Waals surface area contributed by atoms with Crippen molar-refractivity contribution in [1.29, 1.82) is 0 Å². The van der Waals surface area contributed by atoms with Gasteiger partial charge in [0.25, 0.3) is 5.91 Å². The Labute approximate surface area is 144 Å². The molecular weight excluding hydrogens is 320 g/mol. The molecule has 0 fully saturated rings. The second-order valence-corrected chi connectivity index (χ2v) is 5.69. The minimum atomic E-state index is -0.990. The minimum Gasteiger partial charge on any atom is -0.478 e. The van der Waals surface area contributed by atoms with Crippen molar-refractivity contribution in [1.82, 2.24) is 0 Å². The summed E-state index contributed by atoms with van der Waals surface area (Å²) in [6.45, 7) is 0.370. The van der Waals surface area contributed by atoms with E-state index in [1.54, 1.807) is 29.2 Å². The third kappa shape index (κ3) is 3.28. The van der Waals surface area contributed by atoms with Gasteiger partial charge < -0.3 is 15.7 Å². The molecule has 0 atom stereocenters. The number of aromatic carboxylic acids is 1. The molecule has 0 unspecified atom stereocenters. The number of nitrogens with zero attached hydrogens (tertiary/aromatic N) is 1. The number of hydrogen-bond acceptors (Lipinski definition) is 3. The van der Waals surface area contributed by atoms with Crippen molar-refractivity contribution in [3.8, 4) is 0 Å². The number of amides is 2. The van der Waals surface area contributed by atoms with Gasteiger partial charge in [-0.05, 0) is 30.2 Å². The monoisotopic (exact) mass is 336 g/mol. The van der Waals surface area contributed by atoms with Crippen LogP contribution in [0, 0.1) is 0 Å². The first kappa shape index (κ1) is 16.4. The maximum absolute atomic E-state index is 12.7. The van der Waals surface area contributed by atoms with E-state index in [2.05, 4.69) is 0 Å². The normalized spacial score (nSPS) is 14.6. The molecule has 1 aliphatic heterocycles. The van der Waals surface area contributed by atoms with Crippen molar-refractivity contribution in [2.75, 3.05) is 11.4 Å². The molecule has 0 aromatic heterocycles. The van der Waals surface area contributed by atoms with Gasteiger partial charge in [0.15, 0.2) is 0 Å². The Bertz CT molecular complexity index is 902. The number of carbonyl (C=O) groups is 3. The zero-order chi connectivity index (χ0) is 18.0. The maximum Gasteiger partial charge on any atom is 0.335 e. The lowest BCUT2D eigenvalue weighted by atomic mass is 10.1. The number of carbonyl (C=O) groups excluding carboxylic acids is 2. The fraction of sp³-hybridized carbons (Fsp3) is 0.105. The van der Waals surface area contributed by atoms with Gasteiger partial charge in [-0.25, -0.2) is 4.79 Å². The molecule has 0 spiro atoms. The SMILES string of the molecule is NC(=O)/C=C1/C(=O)N(CCc2cccc(C(=O)O)c2)c2ccccc21. The number of carboxylic acid groups (broad SMARTS) is 1. The average molecular weight is 336 g/mol. The number of hydrogen-bond donors (Lipinski definition) is 2. The quantitative estimate of drug-likeness (QED) is 0.814.